The molecule has 0 aliphatic carbocycles. The molecular formula is C7H10ClNO2. The molecule has 1 aliphatic rings. The lowest BCUT2D eigenvalue weighted by Crippen LogP contribution is -2.31. The lowest BCUT2D eigenvalue weighted by Gasteiger charge is -2.10. The van der Waals surface area contributed by atoms with Gasteiger partial charge in [-0.3, -0.25) is 0 Å². The highest BCUT2D eigenvalue weighted by Gasteiger charge is 2.31. The maximum atomic E-state index is 10.7. The molecule has 3 nitrogen and oxygen atoms in total. The molecule has 0 aromatic heterocycles. The molecule has 0 saturated carbocycles. The van der Waals surface area contributed by atoms with Gasteiger partial charge in [0.2, 0.25) is 0 Å². The summed E-state index contributed by atoms with van der Waals surface area (Å²) >= 11 is 5.55. The van der Waals surface area contributed by atoms with Gasteiger partial charge >= 0.3 is 6.09 Å². The lowest BCUT2D eigenvalue weighted by atomic mass is 10.1. The first kappa shape index (κ1) is 8.40. The molecule has 62 valence electrons. The minimum Gasteiger partial charge on any atom is -0.443 e. The Kier molecular flexibility index (Phi) is 2.76. The summed E-state index contributed by atoms with van der Waals surface area (Å²) in [7, 11) is 0. The highest BCUT2D eigenvalue weighted by Crippen LogP contribution is 2.13. The summed E-state index contributed by atoms with van der Waals surface area (Å²) in [5, 5.41) is 2.64. The molecule has 0 unspecified atom stereocenters. The molecule has 0 bridgehead atoms. The van der Waals surface area contributed by atoms with Gasteiger partial charge < -0.3 is 10.1 Å². The van der Waals surface area contributed by atoms with Crippen LogP contribution < -0.4 is 5.32 Å². The predicted molar refractivity (Wildman–Crippen MR) is 42.7 cm³/mol. The monoisotopic (exact) mass is 175 g/mol. The van der Waals surface area contributed by atoms with Crippen molar-refractivity contribution in [2.24, 2.45) is 0 Å². The zero-order valence-corrected chi connectivity index (χ0v) is 6.80. The summed E-state index contributed by atoms with van der Waals surface area (Å²) < 4.78 is 4.85. The molecule has 1 rings (SSSR count). The van der Waals surface area contributed by atoms with Gasteiger partial charge in [0.15, 0.2) is 0 Å². The number of carbonyl (C=O) groups is 1. The summed E-state index contributed by atoms with van der Waals surface area (Å²) in [4.78, 5) is 10.7. The van der Waals surface area contributed by atoms with Crippen molar-refractivity contribution in [3.05, 3.63) is 12.7 Å². The summed E-state index contributed by atoms with van der Waals surface area (Å²) in [5.74, 6) is 0.331. The van der Waals surface area contributed by atoms with Crippen molar-refractivity contribution < 1.29 is 9.53 Å². The number of hydrogen-bond acceptors (Lipinski definition) is 2. The molecule has 1 N–H and O–H groups in total. The van der Waals surface area contributed by atoms with Crippen molar-refractivity contribution in [2.75, 3.05) is 5.88 Å². The number of ether oxygens (including phenoxy) is 1. The summed E-state index contributed by atoms with van der Waals surface area (Å²) in [6.45, 7) is 3.57. The van der Waals surface area contributed by atoms with Gasteiger partial charge in [0.25, 0.3) is 0 Å². The number of amides is 1. The first-order chi connectivity index (χ1) is 5.27. The number of hydrogen-bond donors (Lipinski definition) is 1. The van der Waals surface area contributed by atoms with E-state index in [1.165, 1.54) is 0 Å². The van der Waals surface area contributed by atoms with E-state index in [0.29, 0.717) is 12.3 Å². The maximum absolute atomic E-state index is 10.7. The molecule has 1 fully saturated rings. The van der Waals surface area contributed by atoms with Gasteiger partial charge in [-0.2, -0.15) is 0 Å². The van der Waals surface area contributed by atoms with Gasteiger partial charge in [0, 0.05) is 0 Å². The summed E-state index contributed by atoms with van der Waals surface area (Å²) in [6, 6.07) is -0.00231. The van der Waals surface area contributed by atoms with E-state index >= 15 is 0 Å². The van der Waals surface area contributed by atoms with Gasteiger partial charge in [-0.15, -0.1) is 18.2 Å². The van der Waals surface area contributed by atoms with Crippen LogP contribution in [0.4, 0.5) is 4.79 Å². The molecule has 0 spiro atoms. The van der Waals surface area contributed by atoms with Crippen LogP contribution in [-0.4, -0.2) is 24.1 Å². The first-order valence-electron chi connectivity index (χ1n) is 3.42. The van der Waals surface area contributed by atoms with Crippen LogP contribution in [0.15, 0.2) is 12.7 Å². The predicted octanol–water partition coefficient (Wildman–Crippen LogP) is 1.28. The van der Waals surface area contributed by atoms with E-state index in [-0.39, 0.29) is 18.2 Å². The Morgan fingerprint density at radius 3 is 3.09 bits per heavy atom. The van der Waals surface area contributed by atoms with Crippen molar-refractivity contribution in [1.29, 1.82) is 0 Å². The molecular weight excluding hydrogens is 166 g/mol. The third kappa shape index (κ3) is 1.87. The lowest BCUT2D eigenvalue weighted by molar-refractivity contribution is 0.143. The van der Waals surface area contributed by atoms with Crippen molar-refractivity contribution in [1.82, 2.24) is 5.32 Å². The Labute approximate surface area is 70.4 Å². The third-order valence-electron chi connectivity index (χ3n) is 1.58. The largest absolute Gasteiger partial charge is 0.443 e. The summed E-state index contributed by atoms with van der Waals surface area (Å²) in [6.07, 6.45) is 1.84. The highest BCUT2D eigenvalue weighted by molar-refractivity contribution is 6.18. The molecule has 11 heavy (non-hydrogen) atoms. The number of rotatable bonds is 3. The number of nitrogens with one attached hydrogen (secondary N) is 1. The minimum absolute atomic E-state index is 0.00231. The average Bonchev–Trinajstić information content (AvgIpc) is 2.32. The zero-order chi connectivity index (χ0) is 8.27. The van der Waals surface area contributed by atoms with Crippen LogP contribution in [0.25, 0.3) is 0 Å². The molecule has 1 aliphatic heterocycles. The normalized spacial score (nSPS) is 29.4. The smallest absolute Gasteiger partial charge is 0.407 e. The Bertz CT molecular complexity index is 172. The Hall–Kier alpha value is -0.700. The number of cyclic esters (lactones) is 1. The molecule has 2 atom stereocenters. The zero-order valence-electron chi connectivity index (χ0n) is 6.05. The minimum atomic E-state index is -0.387. The van der Waals surface area contributed by atoms with Crippen LogP contribution in [0.5, 0.6) is 0 Å². The molecule has 1 amide bonds. The van der Waals surface area contributed by atoms with Gasteiger partial charge in [-0.05, 0) is 6.42 Å². The molecule has 0 aromatic carbocycles. The average molecular weight is 176 g/mol. The highest BCUT2D eigenvalue weighted by atomic mass is 35.5. The van der Waals surface area contributed by atoms with Gasteiger partial charge in [-0.1, -0.05) is 6.08 Å². The Morgan fingerprint density at radius 2 is 2.55 bits per heavy atom. The van der Waals surface area contributed by atoms with Crippen molar-refractivity contribution in [2.45, 2.75) is 18.6 Å². The molecule has 4 heteroatoms. The second-order valence-electron chi connectivity index (χ2n) is 2.37. The Balaban J connectivity index is 2.49. The van der Waals surface area contributed by atoms with Gasteiger partial charge in [0.05, 0.1) is 11.9 Å². The van der Waals surface area contributed by atoms with Crippen LogP contribution in [0.2, 0.25) is 0 Å². The van der Waals surface area contributed by atoms with Crippen LogP contribution in [0, 0.1) is 0 Å². The van der Waals surface area contributed by atoms with E-state index in [1.807, 2.05) is 0 Å². The fourth-order valence-electron chi connectivity index (χ4n) is 1.03. The quantitative estimate of drug-likeness (QED) is 0.519. The molecule has 0 radical (unpaired) electrons. The van der Waals surface area contributed by atoms with Crippen LogP contribution >= 0.6 is 11.6 Å². The van der Waals surface area contributed by atoms with Crippen LogP contribution in [0.1, 0.15) is 6.42 Å². The van der Waals surface area contributed by atoms with E-state index in [2.05, 4.69) is 11.9 Å². The number of halogens is 1. The van der Waals surface area contributed by atoms with Crippen molar-refractivity contribution >= 4 is 17.7 Å². The topological polar surface area (TPSA) is 38.3 Å². The second-order valence-corrected chi connectivity index (χ2v) is 2.68. The van der Waals surface area contributed by atoms with E-state index in [0.717, 1.165) is 0 Å². The van der Waals surface area contributed by atoms with Gasteiger partial charge in [0.1, 0.15) is 6.10 Å². The SMILES string of the molecule is C=CC[C@H]1NC(=O)O[C@@H]1CCl. The van der Waals surface area contributed by atoms with Gasteiger partial charge in [-0.25, -0.2) is 4.79 Å². The standard InChI is InChI=1S/C7H10ClNO2/c1-2-3-5-6(4-8)11-7(10)9-5/h2,5-6H,1,3-4H2,(H,9,10)/t5-,6-/m1/s1. The number of carbonyl (C=O) groups excluding carboxylic acids is 1. The van der Waals surface area contributed by atoms with E-state index in [4.69, 9.17) is 16.3 Å². The molecule has 0 aromatic rings. The fourth-order valence-corrected chi connectivity index (χ4v) is 1.31. The fraction of sp³-hybridized carbons (Fsp3) is 0.571. The van der Waals surface area contributed by atoms with E-state index in [9.17, 15) is 4.79 Å². The molecule has 1 heterocycles. The Morgan fingerprint density at radius 1 is 1.82 bits per heavy atom. The number of alkyl halides is 1. The van der Waals surface area contributed by atoms with Crippen molar-refractivity contribution in [3.63, 3.8) is 0 Å². The van der Waals surface area contributed by atoms with E-state index in [1.54, 1.807) is 6.08 Å². The van der Waals surface area contributed by atoms with Crippen LogP contribution in [0.3, 0.4) is 0 Å². The summed E-state index contributed by atoms with van der Waals surface area (Å²) in [5.41, 5.74) is 0. The maximum Gasteiger partial charge on any atom is 0.407 e. The second kappa shape index (κ2) is 3.62. The van der Waals surface area contributed by atoms with E-state index < -0.39 is 0 Å². The van der Waals surface area contributed by atoms with Crippen LogP contribution in [-0.2, 0) is 4.74 Å². The third-order valence-corrected chi connectivity index (χ3v) is 1.89. The number of alkyl carbamates (subject to hydrolysis) is 1. The van der Waals surface area contributed by atoms with Crippen molar-refractivity contribution in [3.8, 4) is 0 Å². The first-order valence-corrected chi connectivity index (χ1v) is 3.95. The molecule has 1 saturated heterocycles.